The molecule has 126 valence electrons. The van der Waals surface area contributed by atoms with Gasteiger partial charge < -0.3 is 9.64 Å². The van der Waals surface area contributed by atoms with Gasteiger partial charge in [0.1, 0.15) is 23.5 Å². The normalized spacial score (nSPS) is 22.2. The van der Waals surface area contributed by atoms with E-state index in [2.05, 4.69) is 44.3 Å². The Labute approximate surface area is 145 Å². The van der Waals surface area contributed by atoms with E-state index in [-0.39, 0.29) is 5.60 Å². The number of rotatable bonds is 1. The van der Waals surface area contributed by atoms with Gasteiger partial charge in [0.05, 0.1) is 6.54 Å². The van der Waals surface area contributed by atoms with E-state index in [0.717, 1.165) is 48.8 Å². The van der Waals surface area contributed by atoms with E-state index in [9.17, 15) is 0 Å². The van der Waals surface area contributed by atoms with Gasteiger partial charge >= 0.3 is 0 Å². The monoisotopic (exact) mass is 333 g/mol. The minimum atomic E-state index is -0.295. The molecular formula is C19H19N5O. The van der Waals surface area contributed by atoms with Crippen LogP contribution in [0.5, 0.6) is 5.75 Å². The summed E-state index contributed by atoms with van der Waals surface area (Å²) in [6.45, 7) is 3.75. The number of benzene rings is 1. The molecule has 25 heavy (non-hydrogen) atoms. The molecule has 6 heteroatoms. The molecule has 6 nitrogen and oxygen atoms in total. The number of para-hydroxylation sites is 1. The molecular weight excluding hydrogens is 314 g/mol. The van der Waals surface area contributed by atoms with Crippen molar-refractivity contribution in [3.05, 3.63) is 54.0 Å². The van der Waals surface area contributed by atoms with Crippen molar-refractivity contribution >= 4 is 17.7 Å². The van der Waals surface area contributed by atoms with Gasteiger partial charge in [0.15, 0.2) is 0 Å². The van der Waals surface area contributed by atoms with Crippen LogP contribution in [0.2, 0.25) is 0 Å². The molecule has 1 aromatic carbocycles. The summed E-state index contributed by atoms with van der Waals surface area (Å²) in [5.74, 6) is 2.62. The maximum absolute atomic E-state index is 6.45. The van der Waals surface area contributed by atoms with Gasteiger partial charge in [-0.3, -0.25) is 0 Å². The molecule has 1 fully saturated rings. The lowest BCUT2D eigenvalue weighted by molar-refractivity contribution is 0.0983. The first-order chi connectivity index (χ1) is 12.2. The third kappa shape index (κ3) is 2.36. The summed E-state index contributed by atoms with van der Waals surface area (Å²) in [5.41, 5.74) is 1.79. The van der Waals surface area contributed by atoms with E-state index in [1.54, 1.807) is 6.33 Å². The number of hydrogen-bond acceptors (Lipinski definition) is 5. The Morgan fingerprint density at radius 2 is 2.16 bits per heavy atom. The largest absolute Gasteiger partial charge is 0.481 e. The molecule has 4 heterocycles. The topological polar surface area (TPSA) is 55.6 Å². The number of ether oxygens (including phenoxy) is 1. The second-order valence-corrected chi connectivity index (χ2v) is 6.79. The van der Waals surface area contributed by atoms with E-state index in [1.807, 2.05) is 29.6 Å². The molecule has 3 aromatic rings. The van der Waals surface area contributed by atoms with Crippen molar-refractivity contribution < 1.29 is 4.74 Å². The number of fused-ring (bicyclic) bond motifs is 2. The molecule has 1 atom stereocenters. The second-order valence-electron chi connectivity index (χ2n) is 6.79. The highest BCUT2D eigenvalue weighted by Crippen LogP contribution is 2.37. The summed E-state index contributed by atoms with van der Waals surface area (Å²) in [6.07, 6.45) is 8.03. The predicted octanol–water partition coefficient (Wildman–Crippen LogP) is 2.88. The Morgan fingerprint density at radius 1 is 1.24 bits per heavy atom. The van der Waals surface area contributed by atoms with E-state index >= 15 is 0 Å². The number of piperidine rings is 1. The highest BCUT2D eigenvalue weighted by Gasteiger charge is 2.38. The molecule has 1 saturated heterocycles. The van der Waals surface area contributed by atoms with Crippen molar-refractivity contribution in [2.75, 3.05) is 18.0 Å². The minimum absolute atomic E-state index is 0.295. The number of aromatic nitrogens is 4. The summed E-state index contributed by atoms with van der Waals surface area (Å²) in [6, 6.07) is 10.3. The molecule has 5 rings (SSSR count). The van der Waals surface area contributed by atoms with Crippen molar-refractivity contribution in [2.24, 2.45) is 0 Å². The van der Waals surface area contributed by atoms with Gasteiger partial charge in [-0.05, 0) is 31.9 Å². The molecule has 0 radical (unpaired) electrons. The lowest BCUT2D eigenvalue weighted by atomic mass is 9.89. The van der Waals surface area contributed by atoms with Crippen LogP contribution >= 0.6 is 0 Å². The molecule has 0 bridgehead atoms. The van der Waals surface area contributed by atoms with Crippen LogP contribution in [0.25, 0.3) is 11.9 Å². The molecule has 0 N–H and O–H groups in total. The fourth-order valence-corrected chi connectivity index (χ4v) is 3.81. The van der Waals surface area contributed by atoms with Crippen molar-refractivity contribution in [1.82, 2.24) is 19.6 Å². The Hall–Kier alpha value is -2.89. The Bertz CT molecular complexity index is 979. The average Bonchev–Trinajstić information content (AvgIpc) is 3.09. The number of anilines is 1. The smallest absolute Gasteiger partial charge is 0.254 e. The summed E-state index contributed by atoms with van der Waals surface area (Å²) in [7, 11) is 0. The Kier molecular flexibility index (Phi) is 3.07. The molecule has 1 spiro atoms. The molecule has 0 aliphatic carbocycles. The molecule has 2 aliphatic rings. The fraction of sp³-hybridized carbons (Fsp3) is 0.316. The van der Waals surface area contributed by atoms with Crippen LogP contribution < -0.4 is 9.64 Å². The van der Waals surface area contributed by atoms with E-state index in [4.69, 9.17) is 4.74 Å². The highest BCUT2D eigenvalue weighted by molar-refractivity contribution is 5.61. The maximum atomic E-state index is 6.45. The second kappa shape index (κ2) is 5.31. The van der Waals surface area contributed by atoms with Gasteiger partial charge in [0.2, 0.25) is 0 Å². The average molecular weight is 333 g/mol. The van der Waals surface area contributed by atoms with Crippen LogP contribution in [-0.4, -0.2) is 38.3 Å². The third-order valence-corrected chi connectivity index (χ3v) is 4.97. The van der Waals surface area contributed by atoms with Gasteiger partial charge in [-0.1, -0.05) is 24.3 Å². The van der Waals surface area contributed by atoms with Crippen molar-refractivity contribution in [1.29, 1.82) is 0 Å². The minimum Gasteiger partial charge on any atom is -0.481 e. The van der Waals surface area contributed by atoms with Gasteiger partial charge in [-0.15, -0.1) is 0 Å². The summed E-state index contributed by atoms with van der Waals surface area (Å²) < 4.78 is 8.26. The zero-order valence-corrected chi connectivity index (χ0v) is 14.1. The number of nitrogens with zero attached hydrogens (tertiary/aromatic N) is 5. The summed E-state index contributed by atoms with van der Waals surface area (Å²) in [4.78, 5) is 11.0. The fourth-order valence-electron chi connectivity index (χ4n) is 3.81. The SMILES string of the molecule is Cc1cc(N2CCCC3(C=Cc4ccccc4O3)C2)n2ncnc2n1. The van der Waals surface area contributed by atoms with Crippen LogP contribution in [-0.2, 0) is 0 Å². The first-order valence-electron chi connectivity index (χ1n) is 8.62. The van der Waals surface area contributed by atoms with E-state index in [1.165, 1.54) is 0 Å². The number of aryl methyl sites for hydroxylation is 1. The summed E-state index contributed by atoms with van der Waals surface area (Å²) in [5, 5.41) is 4.35. The lowest BCUT2D eigenvalue weighted by Gasteiger charge is -2.43. The van der Waals surface area contributed by atoms with Crippen molar-refractivity contribution in [2.45, 2.75) is 25.4 Å². The van der Waals surface area contributed by atoms with E-state index < -0.39 is 0 Å². The maximum Gasteiger partial charge on any atom is 0.254 e. The Balaban J connectivity index is 1.52. The van der Waals surface area contributed by atoms with E-state index in [0.29, 0.717) is 5.78 Å². The van der Waals surface area contributed by atoms with Gasteiger partial charge in [0.25, 0.3) is 5.78 Å². The highest BCUT2D eigenvalue weighted by atomic mass is 16.5. The molecule has 0 amide bonds. The quantitative estimate of drug-likeness (QED) is 0.685. The predicted molar refractivity (Wildman–Crippen MR) is 95.8 cm³/mol. The molecule has 0 saturated carbocycles. The third-order valence-electron chi connectivity index (χ3n) is 4.97. The van der Waals surface area contributed by atoms with Gasteiger partial charge in [-0.25, -0.2) is 4.98 Å². The van der Waals surface area contributed by atoms with Crippen molar-refractivity contribution in [3.63, 3.8) is 0 Å². The zero-order chi connectivity index (χ0) is 16.9. The van der Waals surface area contributed by atoms with Gasteiger partial charge in [-0.2, -0.15) is 14.6 Å². The standard InChI is InChI=1S/C19H19N5O/c1-14-11-17(24-18(22-14)20-13-21-24)23-10-4-8-19(12-23)9-7-15-5-2-3-6-16(15)25-19/h2-3,5-7,9,11,13H,4,8,10,12H2,1H3. The molecule has 1 unspecified atom stereocenters. The van der Waals surface area contributed by atoms with Crippen LogP contribution in [0, 0.1) is 6.92 Å². The molecule has 2 aliphatic heterocycles. The van der Waals surface area contributed by atoms with Crippen molar-refractivity contribution in [3.8, 4) is 5.75 Å². The first kappa shape index (κ1) is 14.5. The van der Waals surface area contributed by atoms with Gasteiger partial charge in [0, 0.05) is 23.9 Å². The first-order valence-corrected chi connectivity index (χ1v) is 8.62. The van der Waals surface area contributed by atoms with Crippen LogP contribution in [0.4, 0.5) is 5.82 Å². The lowest BCUT2D eigenvalue weighted by Crippen LogP contribution is -2.52. The summed E-state index contributed by atoms with van der Waals surface area (Å²) >= 11 is 0. The van der Waals surface area contributed by atoms with Crippen LogP contribution in [0.15, 0.2) is 42.7 Å². The Morgan fingerprint density at radius 3 is 3.12 bits per heavy atom. The zero-order valence-electron chi connectivity index (χ0n) is 14.1. The van der Waals surface area contributed by atoms with Crippen LogP contribution in [0.3, 0.4) is 0 Å². The number of hydrogen-bond donors (Lipinski definition) is 0. The molecule has 2 aromatic heterocycles. The van der Waals surface area contributed by atoms with Crippen LogP contribution in [0.1, 0.15) is 24.1 Å².